The Morgan fingerprint density at radius 3 is 2.50 bits per heavy atom. The highest BCUT2D eigenvalue weighted by atomic mass is 16.2. The van der Waals surface area contributed by atoms with E-state index in [0.717, 1.165) is 25.9 Å². The lowest BCUT2D eigenvalue weighted by Gasteiger charge is -2.21. The van der Waals surface area contributed by atoms with Crippen molar-refractivity contribution < 1.29 is 9.59 Å². The van der Waals surface area contributed by atoms with Crippen molar-refractivity contribution in [3.63, 3.8) is 0 Å². The van der Waals surface area contributed by atoms with Gasteiger partial charge in [0, 0.05) is 11.5 Å². The maximum atomic E-state index is 11.8. The van der Waals surface area contributed by atoms with Gasteiger partial charge in [-0.1, -0.05) is 30.3 Å². The van der Waals surface area contributed by atoms with E-state index in [-0.39, 0.29) is 24.2 Å². The van der Waals surface area contributed by atoms with E-state index in [1.165, 1.54) is 0 Å². The topological polar surface area (TPSA) is 58.2 Å². The molecule has 4 nitrogen and oxygen atoms in total. The second kappa shape index (κ2) is 6.31. The zero-order valence-corrected chi connectivity index (χ0v) is 10.3. The Morgan fingerprint density at radius 2 is 1.83 bits per heavy atom. The lowest BCUT2D eigenvalue weighted by atomic mass is 9.97. The summed E-state index contributed by atoms with van der Waals surface area (Å²) in [6.07, 6.45) is 1.71. The Morgan fingerprint density at radius 1 is 1.17 bits per heavy atom. The van der Waals surface area contributed by atoms with E-state index in [4.69, 9.17) is 0 Å². The van der Waals surface area contributed by atoms with Crippen LogP contribution in [-0.2, 0) is 4.79 Å². The summed E-state index contributed by atoms with van der Waals surface area (Å²) in [5, 5.41) is 5.95. The molecule has 2 N–H and O–H groups in total. The summed E-state index contributed by atoms with van der Waals surface area (Å²) in [5.74, 6) is 0.00786. The minimum absolute atomic E-state index is 0.000723. The van der Waals surface area contributed by atoms with Gasteiger partial charge >= 0.3 is 0 Å². The van der Waals surface area contributed by atoms with Gasteiger partial charge in [-0.15, -0.1) is 0 Å². The number of nitrogens with one attached hydrogen (secondary N) is 2. The van der Waals surface area contributed by atoms with Crippen LogP contribution in [0.1, 0.15) is 23.2 Å². The Labute approximate surface area is 107 Å². The van der Waals surface area contributed by atoms with Crippen molar-refractivity contribution in [2.45, 2.75) is 12.8 Å². The van der Waals surface area contributed by atoms with Crippen LogP contribution in [0.5, 0.6) is 0 Å². The third-order valence-corrected chi connectivity index (χ3v) is 3.23. The van der Waals surface area contributed by atoms with Crippen molar-refractivity contribution in [1.82, 2.24) is 10.6 Å². The number of rotatable bonds is 4. The number of amides is 1. The van der Waals surface area contributed by atoms with Crippen LogP contribution in [-0.4, -0.2) is 31.3 Å². The molecule has 0 spiro atoms. The molecule has 1 aliphatic heterocycles. The highest BCUT2D eigenvalue weighted by Crippen LogP contribution is 2.11. The molecule has 1 aromatic carbocycles. The van der Waals surface area contributed by atoms with Gasteiger partial charge in [-0.3, -0.25) is 9.59 Å². The Balaban J connectivity index is 1.80. The first-order valence-corrected chi connectivity index (χ1v) is 6.34. The molecule has 1 aromatic rings. The third kappa shape index (κ3) is 3.40. The van der Waals surface area contributed by atoms with Crippen LogP contribution in [0.15, 0.2) is 30.3 Å². The summed E-state index contributed by atoms with van der Waals surface area (Å²) in [4.78, 5) is 23.6. The third-order valence-electron chi connectivity index (χ3n) is 3.23. The van der Waals surface area contributed by atoms with Gasteiger partial charge in [-0.05, 0) is 25.9 Å². The summed E-state index contributed by atoms with van der Waals surface area (Å²) in [7, 11) is 0. The van der Waals surface area contributed by atoms with Crippen molar-refractivity contribution in [3.05, 3.63) is 35.9 Å². The average molecular weight is 246 g/mol. The quantitative estimate of drug-likeness (QED) is 0.779. The molecule has 1 heterocycles. The maximum Gasteiger partial charge on any atom is 0.223 e. The first-order chi connectivity index (χ1) is 8.77. The number of benzene rings is 1. The van der Waals surface area contributed by atoms with Gasteiger partial charge in [0.2, 0.25) is 5.91 Å². The first-order valence-electron chi connectivity index (χ1n) is 6.34. The molecule has 0 atom stereocenters. The molecular formula is C14H18N2O2. The predicted molar refractivity (Wildman–Crippen MR) is 69.4 cm³/mol. The van der Waals surface area contributed by atoms with E-state index < -0.39 is 0 Å². The van der Waals surface area contributed by atoms with Crippen LogP contribution in [0.4, 0.5) is 0 Å². The van der Waals surface area contributed by atoms with Crippen molar-refractivity contribution in [2.75, 3.05) is 19.6 Å². The second-order valence-corrected chi connectivity index (χ2v) is 4.53. The number of piperidine rings is 1. The Kier molecular flexibility index (Phi) is 4.47. The maximum absolute atomic E-state index is 11.8. The molecule has 18 heavy (non-hydrogen) atoms. The van der Waals surface area contributed by atoms with Gasteiger partial charge in [-0.25, -0.2) is 0 Å². The van der Waals surface area contributed by atoms with Crippen LogP contribution in [0.3, 0.4) is 0 Å². The summed E-state index contributed by atoms with van der Waals surface area (Å²) < 4.78 is 0. The molecular weight excluding hydrogens is 228 g/mol. The van der Waals surface area contributed by atoms with Crippen molar-refractivity contribution >= 4 is 11.7 Å². The van der Waals surface area contributed by atoms with E-state index in [1.807, 2.05) is 18.2 Å². The molecule has 1 amide bonds. The summed E-state index contributed by atoms with van der Waals surface area (Å²) >= 11 is 0. The first kappa shape index (κ1) is 12.8. The molecule has 0 bridgehead atoms. The number of carbonyl (C=O) groups is 2. The van der Waals surface area contributed by atoms with Gasteiger partial charge < -0.3 is 10.6 Å². The lowest BCUT2D eigenvalue weighted by molar-refractivity contribution is -0.125. The van der Waals surface area contributed by atoms with Crippen LogP contribution < -0.4 is 10.6 Å². The molecule has 2 rings (SSSR count). The molecule has 0 radical (unpaired) electrons. The second-order valence-electron chi connectivity index (χ2n) is 4.53. The molecule has 0 saturated carbocycles. The number of hydrogen-bond acceptors (Lipinski definition) is 3. The van der Waals surface area contributed by atoms with Crippen molar-refractivity contribution in [3.8, 4) is 0 Å². The normalized spacial score (nSPS) is 16.2. The molecule has 4 heteroatoms. The van der Waals surface area contributed by atoms with Gasteiger partial charge in [0.25, 0.3) is 0 Å². The van der Waals surface area contributed by atoms with E-state index in [1.54, 1.807) is 12.1 Å². The van der Waals surface area contributed by atoms with Crippen LogP contribution in [0.25, 0.3) is 0 Å². The van der Waals surface area contributed by atoms with Crippen molar-refractivity contribution in [1.29, 1.82) is 0 Å². The zero-order valence-electron chi connectivity index (χ0n) is 10.3. The smallest absolute Gasteiger partial charge is 0.223 e. The van der Waals surface area contributed by atoms with E-state index >= 15 is 0 Å². The molecule has 0 aliphatic carbocycles. The van der Waals surface area contributed by atoms with E-state index in [0.29, 0.717) is 5.56 Å². The number of hydrogen-bond donors (Lipinski definition) is 2. The Bertz CT molecular complexity index is 411. The van der Waals surface area contributed by atoms with Crippen molar-refractivity contribution in [2.24, 2.45) is 5.92 Å². The van der Waals surface area contributed by atoms with E-state index in [9.17, 15) is 9.59 Å². The fourth-order valence-corrected chi connectivity index (χ4v) is 2.12. The number of Topliss-reactive ketones (excluding diaryl/α,β-unsaturated/α-hetero) is 1. The lowest BCUT2D eigenvalue weighted by Crippen LogP contribution is -2.40. The fourth-order valence-electron chi connectivity index (χ4n) is 2.12. The summed E-state index contributed by atoms with van der Waals surface area (Å²) in [6, 6.07) is 9.03. The minimum Gasteiger partial charge on any atom is -0.348 e. The fraction of sp³-hybridized carbons (Fsp3) is 0.429. The van der Waals surface area contributed by atoms with Crippen LogP contribution in [0, 0.1) is 5.92 Å². The standard InChI is InChI=1S/C14H18N2O2/c17-13(11-4-2-1-3-5-11)10-16-14(18)12-6-8-15-9-7-12/h1-5,12,15H,6-10H2,(H,16,18). The SMILES string of the molecule is O=C(CNC(=O)C1CCNCC1)c1ccccc1. The zero-order chi connectivity index (χ0) is 12.8. The number of carbonyl (C=O) groups excluding carboxylic acids is 2. The molecule has 1 saturated heterocycles. The van der Waals surface area contributed by atoms with Crippen LogP contribution in [0.2, 0.25) is 0 Å². The monoisotopic (exact) mass is 246 g/mol. The molecule has 1 fully saturated rings. The summed E-state index contributed by atoms with van der Waals surface area (Å²) in [6.45, 7) is 1.85. The molecule has 96 valence electrons. The predicted octanol–water partition coefficient (Wildman–Crippen LogP) is 0.985. The highest BCUT2D eigenvalue weighted by molar-refractivity contribution is 5.99. The average Bonchev–Trinajstić information content (AvgIpc) is 2.46. The van der Waals surface area contributed by atoms with Gasteiger partial charge in [0.1, 0.15) is 0 Å². The largest absolute Gasteiger partial charge is 0.348 e. The number of ketones is 1. The molecule has 0 unspecified atom stereocenters. The molecule has 0 aromatic heterocycles. The van der Waals surface area contributed by atoms with E-state index in [2.05, 4.69) is 10.6 Å². The van der Waals surface area contributed by atoms with Gasteiger partial charge in [0.05, 0.1) is 6.54 Å². The van der Waals surface area contributed by atoms with Gasteiger partial charge in [-0.2, -0.15) is 0 Å². The minimum atomic E-state index is -0.0436. The Hall–Kier alpha value is -1.68. The summed E-state index contributed by atoms with van der Waals surface area (Å²) in [5.41, 5.74) is 0.642. The van der Waals surface area contributed by atoms with Crippen LogP contribution >= 0.6 is 0 Å². The van der Waals surface area contributed by atoms with Gasteiger partial charge in [0.15, 0.2) is 5.78 Å². The molecule has 1 aliphatic rings. The highest BCUT2D eigenvalue weighted by Gasteiger charge is 2.21.